The summed E-state index contributed by atoms with van der Waals surface area (Å²) in [6, 6.07) is 4.18. The van der Waals surface area contributed by atoms with Gasteiger partial charge in [0.1, 0.15) is 18.2 Å². The molecule has 1 atom stereocenters. The third-order valence-electron chi connectivity index (χ3n) is 3.41. The molecule has 4 nitrogen and oxygen atoms in total. The van der Waals surface area contributed by atoms with Crippen molar-refractivity contribution in [3.63, 3.8) is 0 Å². The normalized spacial score (nSPS) is 22.5. The number of amides is 1. The molecule has 3 rings (SSSR count). The number of rotatable bonds is 1. The second-order valence-corrected chi connectivity index (χ2v) is 4.60. The Balaban J connectivity index is 1.88. The van der Waals surface area contributed by atoms with Gasteiger partial charge in [-0.05, 0) is 31.5 Å². The molecule has 2 aliphatic heterocycles. The second-order valence-electron chi connectivity index (χ2n) is 4.60. The Labute approximate surface area is 105 Å². The van der Waals surface area contributed by atoms with Crippen LogP contribution in [0.4, 0.5) is 10.1 Å². The van der Waals surface area contributed by atoms with Gasteiger partial charge in [0.2, 0.25) is 5.91 Å². The van der Waals surface area contributed by atoms with Crippen molar-refractivity contribution in [2.45, 2.75) is 18.9 Å². The van der Waals surface area contributed by atoms with E-state index in [4.69, 9.17) is 4.74 Å². The predicted molar refractivity (Wildman–Crippen MR) is 65.3 cm³/mol. The summed E-state index contributed by atoms with van der Waals surface area (Å²) in [5.41, 5.74) is 0.668. The van der Waals surface area contributed by atoms with Crippen molar-refractivity contribution in [2.24, 2.45) is 0 Å². The summed E-state index contributed by atoms with van der Waals surface area (Å²) in [5, 5.41) is 3.19. The van der Waals surface area contributed by atoms with Crippen LogP contribution in [0.15, 0.2) is 18.2 Å². The Bertz CT molecular complexity index is 472. The first-order valence-electron chi connectivity index (χ1n) is 6.23. The Kier molecular flexibility index (Phi) is 2.91. The molecule has 96 valence electrons. The Morgan fingerprint density at radius 1 is 1.50 bits per heavy atom. The fourth-order valence-corrected chi connectivity index (χ4v) is 2.51. The van der Waals surface area contributed by atoms with E-state index in [0.717, 1.165) is 19.4 Å². The van der Waals surface area contributed by atoms with Crippen LogP contribution in [-0.4, -0.2) is 31.6 Å². The highest BCUT2D eigenvalue weighted by Gasteiger charge is 2.31. The highest BCUT2D eigenvalue weighted by molar-refractivity contribution is 5.99. The molecule has 1 amide bonds. The van der Waals surface area contributed by atoms with Gasteiger partial charge in [0.15, 0.2) is 0 Å². The highest BCUT2D eigenvalue weighted by Crippen LogP contribution is 2.32. The molecule has 0 aromatic heterocycles. The Morgan fingerprint density at radius 3 is 3.17 bits per heavy atom. The van der Waals surface area contributed by atoms with Crippen LogP contribution in [0.2, 0.25) is 0 Å². The van der Waals surface area contributed by atoms with E-state index in [9.17, 15) is 9.18 Å². The lowest BCUT2D eigenvalue weighted by molar-refractivity contribution is -0.120. The lowest BCUT2D eigenvalue weighted by atomic mass is 10.1. The number of fused-ring (bicyclic) bond motifs is 1. The van der Waals surface area contributed by atoms with Gasteiger partial charge in [-0.1, -0.05) is 0 Å². The van der Waals surface area contributed by atoms with Gasteiger partial charge in [-0.2, -0.15) is 0 Å². The van der Waals surface area contributed by atoms with E-state index in [2.05, 4.69) is 5.32 Å². The summed E-state index contributed by atoms with van der Waals surface area (Å²) >= 11 is 0. The maximum atomic E-state index is 13.1. The van der Waals surface area contributed by atoms with Gasteiger partial charge in [-0.15, -0.1) is 0 Å². The van der Waals surface area contributed by atoms with E-state index in [1.807, 2.05) is 0 Å². The minimum Gasteiger partial charge on any atom is -0.489 e. The summed E-state index contributed by atoms with van der Waals surface area (Å²) in [4.78, 5) is 14.1. The maximum Gasteiger partial charge on any atom is 0.244 e. The number of carbonyl (C=O) groups is 1. The first kappa shape index (κ1) is 11.5. The van der Waals surface area contributed by atoms with Crippen molar-refractivity contribution in [1.29, 1.82) is 0 Å². The molecule has 0 saturated carbocycles. The molecule has 1 fully saturated rings. The molecule has 18 heavy (non-hydrogen) atoms. The average molecular weight is 250 g/mol. The monoisotopic (exact) mass is 250 g/mol. The fourth-order valence-electron chi connectivity index (χ4n) is 2.51. The molecule has 1 N–H and O–H groups in total. The molecule has 1 aromatic carbocycles. The quantitative estimate of drug-likeness (QED) is 0.817. The number of ether oxygens (including phenoxy) is 1. The first-order valence-corrected chi connectivity index (χ1v) is 6.23. The Hall–Kier alpha value is -1.62. The van der Waals surface area contributed by atoms with Crippen LogP contribution in [0.5, 0.6) is 5.75 Å². The molecule has 0 aliphatic carbocycles. The number of hydrogen-bond acceptors (Lipinski definition) is 3. The maximum absolute atomic E-state index is 13.1. The number of nitrogens with zero attached hydrogens (tertiary/aromatic N) is 1. The van der Waals surface area contributed by atoms with Crippen LogP contribution < -0.4 is 15.0 Å². The molecule has 0 spiro atoms. The van der Waals surface area contributed by atoms with Crippen molar-refractivity contribution < 1.29 is 13.9 Å². The van der Waals surface area contributed by atoms with Crippen LogP contribution in [0.25, 0.3) is 0 Å². The fraction of sp³-hybridized carbons (Fsp3) is 0.462. The van der Waals surface area contributed by atoms with Crippen molar-refractivity contribution in [3.05, 3.63) is 24.0 Å². The third kappa shape index (κ3) is 1.95. The molecular formula is C13H15FN2O2. The van der Waals surface area contributed by atoms with E-state index < -0.39 is 0 Å². The predicted octanol–water partition coefficient (Wildman–Crippen LogP) is 1.30. The van der Waals surface area contributed by atoms with Crippen molar-refractivity contribution in [2.75, 3.05) is 24.6 Å². The SMILES string of the molecule is O=C([C@@H]1CCCN1)N1CCOc2cc(F)ccc21. The molecule has 0 unspecified atom stereocenters. The highest BCUT2D eigenvalue weighted by atomic mass is 19.1. The zero-order valence-corrected chi connectivity index (χ0v) is 9.99. The molecular weight excluding hydrogens is 235 g/mol. The van der Waals surface area contributed by atoms with Gasteiger partial charge in [0.25, 0.3) is 0 Å². The largest absolute Gasteiger partial charge is 0.489 e. The van der Waals surface area contributed by atoms with Crippen molar-refractivity contribution in [1.82, 2.24) is 5.32 Å². The summed E-state index contributed by atoms with van der Waals surface area (Å²) in [7, 11) is 0. The van der Waals surface area contributed by atoms with Crippen molar-refractivity contribution >= 4 is 11.6 Å². The van der Waals surface area contributed by atoms with Gasteiger partial charge in [0, 0.05) is 6.07 Å². The smallest absolute Gasteiger partial charge is 0.244 e. The van der Waals surface area contributed by atoms with Crippen LogP contribution in [0.3, 0.4) is 0 Å². The number of halogens is 1. The number of hydrogen-bond donors (Lipinski definition) is 1. The summed E-state index contributed by atoms with van der Waals surface area (Å²) < 4.78 is 18.5. The van der Waals surface area contributed by atoms with Crippen LogP contribution in [0, 0.1) is 5.82 Å². The number of benzene rings is 1. The number of carbonyl (C=O) groups excluding carboxylic acids is 1. The van der Waals surface area contributed by atoms with Crippen LogP contribution in [-0.2, 0) is 4.79 Å². The molecule has 5 heteroatoms. The first-order chi connectivity index (χ1) is 8.75. The summed E-state index contributed by atoms with van der Waals surface area (Å²) in [6.07, 6.45) is 1.89. The summed E-state index contributed by atoms with van der Waals surface area (Å²) in [5.74, 6) is 0.165. The molecule has 1 aromatic rings. The van der Waals surface area contributed by atoms with Gasteiger partial charge in [0.05, 0.1) is 18.3 Å². The van der Waals surface area contributed by atoms with Crippen LogP contribution in [0.1, 0.15) is 12.8 Å². The zero-order chi connectivity index (χ0) is 12.5. The lowest BCUT2D eigenvalue weighted by Gasteiger charge is -2.31. The van der Waals surface area contributed by atoms with Crippen LogP contribution >= 0.6 is 0 Å². The molecule has 2 heterocycles. The molecule has 2 aliphatic rings. The second kappa shape index (κ2) is 4.57. The minimum absolute atomic E-state index is 0.0589. The Morgan fingerprint density at radius 2 is 2.39 bits per heavy atom. The topological polar surface area (TPSA) is 41.6 Å². The zero-order valence-electron chi connectivity index (χ0n) is 9.99. The van der Waals surface area contributed by atoms with E-state index in [0.29, 0.717) is 24.6 Å². The number of nitrogens with one attached hydrogen (secondary N) is 1. The van der Waals surface area contributed by atoms with Crippen molar-refractivity contribution in [3.8, 4) is 5.75 Å². The molecule has 0 bridgehead atoms. The standard InChI is InChI=1S/C13H15FN2O2/c14-9-3-4-11-12(8-9)18-7-6-16(11)13(17)10-2-1-5-15-10/h3-4,8,10,15H,1-2,5-7H2/t10-/m0/s1. The van der Waals surface area contributed by atoms with E-state index >= 15 is 0 Å². The van der Waals surface area contributed by atoms with E-state index in [1.165, 1.54) is 12.1 Å². The van der Waals surface area contributed by atoms with Gasteiger partial charge >= 0.3 is 0 Å². The lowest BCUT2D eigenvalue weighted by Crippen LogP contribution is -2.47. The average Bonchev–Trinajstić information content (AvgIpc) is 2.90. The summed E-state index contributed by atoms with van der Waals surface area (Å²) in [6.45, 7) is 1.82. The van der Waals surface area contributed by atoms with E-state index in [1.54, 1.807) is 11.0 Å². The minimum atomic E-state index is -0.345. The van der Waals surface area contributed by atoms with Gasteiger partial charge in [-0.3, -0.25) is 4.79 Å². The number of anilines is 1. The molecule has 0 radical (unpaired) electrons. The van der Waals surface area contributed by atoms with Gasteiger partial charge < -0.3 is 15.0 Å². The molecule has 1 saturated heterocycles. The van der Waals surface area contributed by atoms with E-state index in [-0.39, 0.29) is 17.8 Å². The van der Waals surface area contributed by atoms with Gasteiger partial charge in [-0.25, -0.2) is 4.39 Å². The third-order valence-corrected chi connectivity index (χ3v) is 3.41.